The summed E-state index contributed by atoms with van der Waals surface area (Å²) < 4.78 is 30.1. The normalized spacial score (nSPS) is 10.6. The second-order valence-corrected chi connectivity index (χ2v) is 4.27. The van der Waals surface area contributed by atoms with E-state index in [4.69, 9.17) is 11.6 Å². The predicted octanol–water partition coefficient (Wildman–Crippen LogP) is 2.99. The van der Waals surface area contributed by atoms with Crippen LogP contribution in [0.15, 0.2) is 6.07 Å². The summed E-state index contributed by atoms with van der Waals surface area (Å²) in [6.45, 7) is 0. The molecule has 0 fully saturated rings. The van der Waals surface area contributed by atoms with Gasteiger partial charge in [-0.15, -0.1) is 0 Å². The summed E-state index contributed by atoms with van der Waals surface area (Å²) in [7, 11) is 1.20. The Balaban J connectivity index is 3.19. The molecule has 3 nitrogen and oxygen atoms in total. The highest BCUT2D eigenvalue weighted by Crippen LogP contribution is 2.28. The molecule has 0 bridgehead atoms. The Kier molecular flexibility index (Phi) is 4.85. The highest BCUT2D eigenvalue weighted by Gasteiger charge is 2.20. The fourth-order valence-corrected chi connectivity index (χ4v) is 2.22. The van der Waals surface area contributed by atoms with Crippen LogP contribution in [0, 0.1) is 3.70 Å². The zero-order chi connectivity index (χ0) is 12.3. The number of carbonyl (C=O) groups excluding carboxylic acids is 1. The fourth-order valence-electron chi connectivity index (χ4n) is 1.11. The number of carbonyl (C=O) groups is 1. The third-order valence-corrected chi connectivity index (χ3v) is 2.95. The highest BCUT2D eigenvalue weighted by molar-refractivity contribution is 14.1. The molecular formula is C9H7ClF2INO2. The number of halogens is 4. The molecule has 0 N–H and O–H groups in total. The monoisotopic (exact) mass is 361 g/mol. The van der Waals surface area contributed by atoms with Crippen LogP contribution < -0.4 is 0 Å². The molecular weight excluding hydrogens is 354 g/mol. The van der Waals surface area contributed by atoms with Crippen molar-refractivity contribution >= 4 is 40.2 Å². The lowest BCUT2D eigenvalue weighted by molar-refractivity contribution is -0.139. The van der Waals surface area contributed by atoms with Crippen molar-refractivity contribution in [1.82, 2.24) is 4.98 Å². The van der Waals surface area contributed by atoms with Gasteiger partial charge < -0.3 is 4.74 Å². The van der Waals surface area contributed by atoms with E-state index in [1.807, 2.05) is 0 Å². The van der Waals surface area contributed by atoms with Crippen molar-refractivity contribution in [3.05, 3.63) is 26.0 Å². The maximum absolute atomic E-state index is 12.7. The van der Waals surface area contributed by atoms with Crippen molar-refractivity contribution in [2.24, 2.45) is 0 Å². The molecule has 0 unspecified atom stereocenters. The summed E-state index contributed by atoms with van der Waals surface area (Å²) in [5.41, 5.74) is -0.123. The van der Waals surface area contributed by atoms with Crippen LogP contribution in [0.4, 0.5) is 8.78 Å². The van der Waals surface area contributed by atoms with Crippen LogP contribution in [-0.2, 0) is 16.0 Å². The van der Waals surface area contributed by atoms with Crippen molar-refractivity contribution in [3.63, 3.8) is 0 Å². The van der Waals surface area contributed by atoms with Gasteiger partial charge in [0.2, 0.25) is 0 Å². The second kappa shape index (κ2) is 5.72. The van der Waals surface area contributed by atoms with Crippen LogP contribution in [-0.4, -0.2) is 18.1 Å². The van der Waals surface area contributed by atoms with Crippen molar-refractivity contribution in [3.8, 4) is 0 Å². The van der Waals surface area contributed by atoms with E-state index >= 15 is 0 Å². The fraction of sp³-hybridized carbons (Fsp3) is 0.333. The molecule has 0 aliphatic heterocycles. The number of hydrogen-bond acceptors (Lipinski definition) is 3. The third-order valence-electron chi connectivity index (χ3n) is 1.86. The number of esters is 1. The zero-order valence-corrected chi connectivity index (χ0v) is 11.1. The molecule has 0 aliphatic rings. The topological polar surface area (TPSA) is 39.2 Å². The van der Waals surface area contributed by atoms with Gasteiger partial charge in [0.15, 0.2) is 0 Å². The minimum atomic E-state index is -2.70. The molecule has 0 aliphatic carbocycles. The quantitative estimate of drug-likeness (QED) is 0.472. The van der Waals surface area contributed by atoms with E-state index in [0.717, 1.165) is 6.07 Å². The number of aromatic nitrogens is 1. The van der Waals surface area contributed by atoms with Crippen LogP contribution >= 0.6 is 34.2 Å². The molecule has 0 spiro atoms. The van der Waals surface area contributed by atoms with Crippen LogP contribution in [0.1, 0.15) is 17.6 Å². The van der Waals surface area contributed by atoms with Gasteiger partial charge in [-0.1, -0.05) is 11.6 Å². The molecule has 88 valence electrons. The number of pyridine rings is 1. The SMILES string of the molecule is COC(=O)Cc1c(C(F)F)cc(Cl)nc1I. The van der Waals surface area contributed by atoms with Gasteiger partial charge in [0, 0.05) is 11.1 Å². The van der Waals surface area contributed by atoms with E-state index in [0.29, 0.717) is 0 Å². The summed E-state index contributed by atoms with van der Waals surface area (Å²) in [4.78, 5) is 14.9. The number of rotatable bonds is 3. The Morgan fingerprint density at radius 2 is 2.31 bits per heavy atom. The van der Waals surface area contributed by atoms with Gasteiger partial charge in [0.1, 0.15) is 8.85 Å². The van der Waals surface area contributed by atoms with Gasteiger partial charge in [0.25, 0.3) is 6.43 Å². The molecule has 7 heteroatoms. The average Bonchev–Trinajstić information content (AvgIpc) is 2.20. The Morgan fingerprint density at radius 1 is 1.69 bits per heavy atom. The lowest BCUT2D eigenvalue weighted by Gasteiger charge is -2.10. The van der Waals surface area contributed by atoms with Gasteiger partial charge >= 0.3 is 5.97 Å². The van der Waals surface area contributed by atoms with Crippen LogP contribution in [0.3, 0.4) is 0 Å². The Bertz CT molecular complexity index is 415. The minimum absolute atomic E-state index is 0.0201. The first-order valence-electron chi connectivity index (χ1n) is 4.15. The first kappa shape index (κ1) is 13.6. The maximum Gasteiger partial charge on any atom is 0.310 e. The number of hydrogen-bond donors (Lipinski definition) is 0. The van der Waals surface area contributed by atoms with E-state index in [1.165, 1.54) is 7.11 Å². The van der Waals surface area contributed by atoms with E-state index in [-0.39, 0.29) is 26.4 Å². The first-order valence-corrected chi connectivity index (χ1v) is 5.61. The van der Waals surface area contributed by atoms with Crippen molar-refractivity contribution < 1.29 is 18.3 Å². The van der Waals surface area contributed by atoms with Gasteiger partial charge in [-0.3, -0.25) is 4.79 Å². The van der Waals surface area contributed by atoms with Crippen LogP contribution in [0.25, 0.3) is 0 Å². The molecule has 0 saturated carbocycles. The van der Waals surface area contributed by atoms with Gasteiger partial charge in [-0.05, 0) is 28.7 Å². The number of ether oxygens (including phenoxy) is 1. The molecule has 0 amide bonds. The number of methoxy groups -OCH3 is 1. The van der Waals surface area contributed by atoms with Crippen molar-refractivity contribution in [2.75, 3.05) is 7.11 Å². The van der Waals surface area contributed by atoms with Crippen molar-refractivity contribution in [2.45, 2.75) is 12.8 Å². The van der Waals surface area contributed by atoms with Crippen LogP contribution in [0.2, 0.25) is 5.15 Å². The van der Waals surface area contributed by atoms with E-state index in [1.54, 1.807) is 22.6 Å². The molecule has 1 rings (SSSR count). The molecule has 0 atom stereocenters. The average molecular weight is 362 g/mol. The third kappa shape index (κ3) is 3.24. The van der Waals surface area contributed by atoms with Gasteiger partial charge in [-0.25, -0.2) is 13.8 Å². The summed E-state index contributed by atoms with van der Waals surface area (Å²) in [6.07, 6.45) is -2.94. The Morgan fingerprint density at radius 3 is 2.81 bits per heavy atom. The van der Waals surface area contributed by atoms with Crippen LogP contribution in [0.5, 0.6) is 0 Å². The lowest BCUT2D eigenvalue weighted by Crippen LogP contribution is -2.10. The standard InChI is InChI=1S/C9H7ClF2INO2/c1-16-7(15)3-5-4(8(11)12)2-6(10)14-9(5)13/h2,8H,3H2,1H3. The largest absolute Gasteiger partial charge is 0.469 e. The van der Waals surface area contributed by atoms with E-state index < -0.39 is 12.4 Å². The maximum atomic E-state index is 12.7. The smallest absolute Gasteiger partial charge is 0.310 e. The second-order valence-electron chi connectivity index (χ2n) is 2.86. The molecule has 1 aromatic heterocycles. The van der Waals surface area contributed by atoms with Crippen molar-refractivity contribution in [1.29, 1.82) is 0 Å². The summed E-state index contributed by atoms with van der Waals surface area (Å²) in [6, 6.07) is 1.06. The summed E-state index contributed by atoms with van der Waals surface area (Å²) >= 11 is 7.33. The molecule has 1 heterocycles. The van der Waals surface area contributed by atoms with E-state index in [9.17, 15) is 13.6 Å². The highest BCUT2D eigenvalue weighted by atomic mass is 127. The Labute approximate surface area is 109 Å². The van der Waals surface area contributed by atoms with Gasteiger partial charge in [-0.2, -0.15) is 0 Å². The predicted molar refractivity (Wildman–Crippen MR) is 62.6 cm³/mol. The number of alkyl halides is 2. The minimum Gasteiger partial charge on any atom is -0.469 e. The van der Waals surface area contributed by atoms with Gasteiger partial charge in [0.05, 0.1) is 13.5 Å². The molecule has 0 aromatic carbocycles. The molecule has 0 radical (unpaired) electrons. The summed E-state index contributed by atoms with van der Waals surface area (Å²) in [5, 5.41) is -0.0201. The number of nitrogens with zero attached hydrogens (tertiary/aromatic N) is 1. The summed E-state index contributed by atoms with van der Waals surface area (Å²) in [5.74, 6) is -0.594. The lowest BCUT2D eigenvalue weighted by atomic mass is 10.1. The molecule has 0 saturated heterocycles. The molecule has 1 aromatic rings. The van der Waals surface area contributed by atoms with E-state index in [2.05, 4.69) is 9.72 Å². The Hall–Kier alpha value is -0.500. The zero-order valence-electron chi connectivity index (χ0n) is 8.14. The molecule has 16 heavy (non-hydrogen) atoms. The first-order chi connectivity index (χ1) is 7.45.